The Morgan fingerprint density at radius 2 is 1.05 bits per heavy atom. The van der Waals surface area contributed by atoms with Crippen LogP contribution in [0.15, 0.2) is 201 Å². The molecule has 0 saturated carbocycles. The summed E-state index contributed by atoms with van der Waals surface area (Å²) in [6, 6.07) is 68.6. The van der Waals surface area contributed by atoms with E-state index in [-0.39, 0.29) is 0 Å². The highest BCUT2D eigenvalue weighted by Gasteiger charge is 2.21. The molecule has 9 aromatic carbocycles. The summed E-state index contributed by atoms with van der Waals surface area (Å²) in [5, 5.41) is 14.5. The van der Waals surface area contributed by atoms with Gasteiger partial charge in [-0.25, -0.2) is 4.98 Å². The molecule has 5 aromatic heterocycles. The van der Waals surface area contributed by atoms with Gasteiger partial charge in [-0.05, 0) is 142 Å². The predicted octanol–water partition coefficient (Wildman–Crippen LogP) is 15.0. The predicted molar refractivity (Wildman–Crippen MR) is 325 cm³/mol. The Bertz CT molecular complexity index is 4440. The van der Waals surface area contributed by atoms with Crippen LogP contribution in [0.3, 0.4) is 0 Å². The SMILES string of the molecule is CN(CCc1cc(N(CN(C)CCCc2c3[nH]c4ccccc4c3cc3[nH]c4ccccc4c23)c2ccccc2)cc2c1[nH]c1ccccc12)Cc1cccc(N(CCn2cncn2)c2ccc3[nH]c4ccccc4c3c2)c1. The van der Waals surface area contributed by atoms with E-state index in [1.54, 1.807) is 12.7 Å². The van der Waals surface area contributed by atoms with Crippen LogP contribution in [-0.4, -0.2) is 84.9 Å². The quantitative estimate of drug-likeness (QED) is 0.0638. The van der Waals surface area contributed by atoms with Gasteiger partial charge in [0.1, 0.15) is 12.7 Å². The molecule has 0 radical (unpaired) electrons. The molecule has 0 saturated heterocycles. The van der Waals surface area contributed by atoms with Gasteiger partial charge in [0, 0.05) is 124 Å². The first-order valence-corrected chi connectivity index (χ1v) is 27.3. The van der Waals surface area contributed by atoms with Crippen molar-refractivity contribution in [3.8, 4) is 0 Å². The maximum atomic E-state index is 4.44. The van der Waals surface area contributed by atoms with Gasteiger partial charge in [-0.15, -0.1) is 0 Å². The summed E-state index contributed by atoms with van der Waals surface area (Å²) in [4.78, 5) is 29.2. The smallest absolute Gasteiger partial charge is 0.137 e. The Hall–Kier alpha value is -9.16. The van der Waals surface area contributed by atoms with Crippen molar-refractivity contribution >= 4 is 110 Å². The van der Waals surface area contributed by atoms with Crippen molar-refractivity contribution < 1.29 is 0 Å². The van der Waals surface area contributed by atoms with Gasteiger partial charge in [0.25, 0.3) is 0 Å². The van der Waals surface area contributed by atoms with Crippen molar-refractivity contribution in [2.75, 3.05) is 50.2 Å². The highest BCUT2D eigenvalue weighted by atomic mass is 15.3. The fourth-order valence-electron chi connectivity index (χ4n) is 12.3. The van der Waals surface area contributed by atoms with Gasteiger partial charge in [0.05, 0.1) is 18.7 Å². The molecule has 4 N–H and O–H groups in total. The van der Waals surface area contributed by atoms with Crippen molar-refractivity contribution in [2.45, 2.75) is 32.4 Å². The Balaban J connectivity index is 0.732. The molecule has 14 rings (SSSR count). The highest BCUT2D eigenvalue weighted by Crippen LogP contribution is 2.40. The zero-order chi connectivity index (χ0) is 52.1. The van der Waals surface area contributed by atoms with E-state index in [0.29, 0.717) is 6.54 Å². The third-order valence-electron chi connectivity index (χ3n) is 16.0. The summed E-state index contributed by atoms with van der Waals surface area (Å²) in [7, 11) is 4.52. The molecule has 11 heteroatoms. The normalized spacial score (nSPS) is 12.2. The average molecular weight is 1020 g/mol. The van der Waals surface area contributed by atoms with Crippen LogP contribution in [0.4, 0.5) is 22.7 Å². The first-order chi connectivity index (χ1) is 38.5. The lowest BCUT2D eigenvalue weighted by molar-refractivity contribution is 0.331. The molecule has 78 heavy (non-hydrogen) atoms. The Kier molecular flexibility index (Phi) is 12.2. The van der Waals surface area contributed by atoms with E-state index in [0.717, 1.165) is 80.0 Å². The van der Waals surface area contributed by atoms with Crippen molar-refractivity contribution in [3.05, 3.63) is 217 Å². The fraction of sp³-hybridized carbons (Fsp3) is 0.164. The van der Waals surface area contributed by atoms with Crippen LogP contribution in [0.2, 0.25) is 0 Å². The Morgan fingerprint density at radius 3 is 1.81 bits per heavy atom. The topological polar surface area (TPSA) is 107 Å². The molecule has 0 atom stereocenters. The maximum absolute atomic E-state index is 4.44. The summed E-state index contributed by atoms with van der Waals surface area (Å²) in [5.74, 6) is 0. The number of nitrogens with zero attached hydrogens (tertiary/aromatic N) is 7. The summed E-state index contributed by atoms with van der Waals surface area (Å²) in [5.41, 5.74) is 18.1. The molecule has 384 valence electrons. The van der Waals surface area contributed by atoms with Crippen LogP contribution < -0.4 is 9.80 Å². The van der Waals surface area contributed by atoms with E-state index in [1.165, 1.54) is 98.7 Å². The number of hydrogen-bond donors (Lipinski definition) is 4. The molecule has 0 aliphatic rings. The number of nitrogens with one attached hydrogen (secondary N) is 4. The summed E-state index contributed by atoms with van der Waals surface area (Å²) in [6.45, 7) is 4.79. The number of H-pyrrole nitrogens is 4. The number of aromatic nitrogens is 7. The van der Waals surface area contributed by atoms with Gasteiger partial charge < -0.3 is 34.6 Å². The van der Waals surface area contributed by atoms with E-state index in [1.807, 2.05) is 4.68 Å². The van der Waals surface area contributed by atoms with E-state index in [2.05, 4.69) is 252 Å². The first kappa shape index (κ1) is 47.3. The summed E-state index contributed by atoms with van der Waals surface area (Å²) < 4.78 is 1.90. The van der Waals surface area contributed by atoms with Crippen molar-refractivity contribution in [1.82, 2.24) is 44.5 Å². The molecular formula is C67H61N11. The van der Waals surface area contributed by atoms with Crippen molar-refractivity contribution in [1.29, 1.82) is 0 Å². The molecule has 0 bridgehead atoms. The molecule has 5 heterocycles. The third-order valence-corrected chi connectivity index (χ3v) is 16.0. The molecule has 0 fully saturated rings. The Labute approximate surface area is 452 Å². The van der Waals surface area contributed by atoms with Crippen LogP contribution in [-0.2, 0) is 25.9 Å². The molecular weight excluding hydrogens is 959 g/mol. The number of likely N-dealkylation sites (N-methyl/N-ethyl adjacent to an activating group) is 1. The lowest BCUT2D eigenvalue weighted by Gasteiger charge is -2.31. The second kappa shape index (κ2) is 20.1. The third kappa shape index (κ3) is 8.86. The molecule has 0 aliphatic heterocycles. The number of para-hydroxylation sites is 5. The van der Waals surface area contributed by atoms with Gasteiger partial charge in [0.15, 0.2) is 0 Å². The number of rotatable bonds is 18. The lowest BCUT2D eigenvalue weighted by atomic mass is 9.98. The van der Waals surface area contributed by atoms with Gasteiger partial charge >= 0.3 is 0 Å². The molecule has 14 aromatic rings. The molecule has 0 amide bonds. The van der Waals surface area contributed by atoms with Crippen LogP contribution in [0.1, 0.15) is 23.1 Å². The second-order valence-electron chi connectivity index (χ2n) is 21.2. The van der Waals surface area contributed by atoms with Gasteiger partial charge in [-0.2, -0.15) is 5.10 Å². The largest absolute Gasteiger partial charge is 0.355 e. The number of aromatic amines is 4. The zero-order valence-corrected chi connectivity index (χ0v) is 44.0. The molecule has 11 nitrogen and oxygen atoms in total. The van der Waals surface area contributed by atoms with E-state index in [4.69, 9.17) is 0 Å². The van der Waals surface area contributed by atoms with E-state index < -0.39 is 0 Å². The van der Waals surface area contributed by atoms with Gasteiger partial charge in [-0.1, -0.05) is 103 Å². The Morgan fingerprint density at radius 1 is 0.436 bits per heavy atom. The standard InChI is InChI=1S/C67H61N11/c1-74(41-45-16-14-19-48(36-45)77(35-34-76-43-68-42-69-76)49-29-30-63-56(38-49)51-20-6-10-25-59(51)70-63)33-31-46-37-50(39-57-52-21-7-11-26-60(52)72-66(46)57)78(47-17-4-3-5-18-47)44-75(2)32-15-24-55-65-54-23-9-13-28-62(54)71-64(65)40-58-53-22-8-12-27-61(53)73-67(55)58/h3-14,16-23,25-30,36-40,42-43,70-73H,15,24,31-35,41,44H2,1-2H3. The number of anilines is 4. The van der Waals surface area contributed by atoms with Crippen molar-refractivity contribution in [3.63, 3.8) is 0 Å². The fourth-order valence-corrected chi connectivity index (χ4v) is 12.3. The van der Waals surface area contributed by atoms with Crippen LogP contribution in [0.25, 0.3) is 87.2 Å². The van der Waals surface area contributed by atoms with Crippen LogP contribution in [0.5, 0.6) is 0 Å². The minimum Gasteiger partial charge on any atom is -0.355 e. The minimum atomic E-state index is 0.703. The zero-order valence-electron chi connectivity index (χ0n) is 44.0. The number of fused-ring (bicyclic) bond motifs is 12. The number of hydrogen-bond acceptors (Lipinski definition) is 6. The van der Waals surface area contributed by atoms with Crippen LogP contribution in [0, 0.1) is 0 Å². The first-order valence-electron chi connectivity index (χ1n) is 27.3. The van der Waals surface area contributed by atoms with E-state index >= 15 is 0 Å². The summed E-state index contributed by atoms with van der Waals surface area (Å²) in [6.07, 6.45) is 6.23. The monoisotopic (exact) mass is 1020 g/mol. The van der Waals surface area contributed by atoms with Gasteiger partial charge in [0.2, 0.25) is 0 Å². The average Bonchev–Trinajstić information content (AvgIpc) is 4.38. The van der Waals surface area contributed by atoms with Crippen LogP contribution >= 0.6 is 0 Å². The van der Waals surface area contributed by atoms with E-state index in [9.17, 15) is 0 Å². The molecule has 0 unspecified atom stereocenters. The minimum absolute atomic E-state index is 0.703. The summed E-state index contributed by atoms with van der Waals surface area (Å²) >= 11 is 0. The highest BCUT2D eigenvalue weighted by molar-refractivity contribution is 6.19. The second-order valence-corrected chi connectivity index (χ2v) is 21.2. The van der Waals surface area contributed by atoms with Crippen molar-refractivity contribution in [2.24, 2.45) is 0 Å². The maximum Gasteiger partial charge on any atom is 0.137 e. The molecule has 0 spiro atoms. The molecule has 0 aliphatic carbocycles. The number of benzene rings is 9. The lowest BCUT2D eigenvalue weighted by Crippen LogP contribution is -2.33. The van der Waals surface area contributed by atoms with Gasteiger partial charge in [-0.3, -0.25) is 9.58 Å². The number of aryl methyl sites for hydroxylation is 1.